The summed E-state index contributed by atoms with van der Waals surface area (Å²) in [5.74, 6) is 0. The molecule has 0 aromatic carbocycles. The van der Waals surface area contributed by atoms with Crippen molar-refractivity contribution in [1.29, 1.82) is 0 Å². The second kappa shape index (κ2) is 2.97. The van der Waals surface area contributed by atoms with Crippen molar-refractivity contribution in [3.05, 3.63) is 0 Å². The van der Waals surface area contributed by atoms with E-state index in [1.54, 1.807) is 6.92 Å². The van der Waals surface area contributed by atoms with Gasteiger partial charge in [0.2, 0.25) is 6.29 Å². The second-order valence-electron chi connectivity index (χ2n) is 3.23. The fraction of sp³-hybridized carbons (Fsp3) is 0.857. The molecule has 0 amide bonds. The van der Waals surface area contributed by atoms with Crippen LogP contribution >= 0.6 is 0 Å². The van der Waals surface area contributed by atoms with Crippen LogP contribution in [0.2, 0.25) is 0 Å². The molecule has 0 aliphatic heterocycles. The molecule has 0 bridgehead atoms. The predicted octanol–water partition coefficient (Wildman–Crippen LogP) is 0.873. The molecule has 1 atom stereocenters. The van der Waals surface area contributed by atoms with Crippen molar-refractivity contribution >= 4 is 6.29 Å². The molecule has 2 heteroatoms. The van der Waals surface area contributed by atoms with Gasteiger partial charge in [-0.05, 0) is 27.7 Å². The lowest BCUT2D eigenvalue weighted by Gasteiger charge is -2.22. The first-order valence-corrected chi connectivity index (χ1v) is 3.11. The normalized spacial score (nSPS) is 15.1. The molecule has 9 heavy (non-hydrogen) atoms. The molecule has 0 fully saturated rings. The summed E-state index contributed by atoms with van der Waals surface area (Å²) in [6, 6.07) is -0.162. The van der Waals surface area contributed by atoms with Gasteiger partial charge in [-0.25, -0.2) is 0 Å². The van der Waals surface area contributed by atoms with Gasteiger partial charge >= 0.3 is 0 Å². The minimum absolute atomic E-state index is 0.0107. The first-order valence-electron chi connectivity index (χ1n) is 3.11. The Morgan fingerprint density at radius 2 is 1.89 bits per heavy atom. The molecule has 0 spiro atoms. The van der Waals surface area contributed by atoms with Crippen LogP contribution in [0.25, 0.3) is 0 Å². The van der Waals surface area contributed by atoms with Crippen LogP contribution < -0.4 is 5.32 Å². The number of nitrogens with one attached hydrogen (secondary N) is 1. The third-order valence-corrected chi connectivity index (χ3v) is 0.826. The van der Waals surface area contributed by atoms with Gasteiger partial charge < -0.3 is 5.32 Å². The van der Waals surface area contributed by atoms with Crippen LogP contribution in [-0.4, -0.2) is 17.9 Å². The zero-order chi connectivity index (χ0) is 7.49. The minimum Gasteiger partial charge on any atom is -0.303 e. The summed E-state index contributed by atoms with van der Waals surface area (Å²) in [5.41, 5.74) is 0.0107. The maximum Gasteiger partial charge on any atom is 0.216 e. The van der Waals surface area contributed by atoms with E-state index in [1.165, 1.54) is 0 Å². The highest BCUT2D eigenvalue weighted by Gasteiger charge is 2.12. The van der Waals surface area contributed by atoms with Crippen molar-refractivity contribution < 1.29 is 4.79 Å². The molecule has 0 unspecified atom stereocenters. The van der Waals surface area contributed by atoms with E-state index < -0.39 is 0 Å². The molecule has 0 aromatic heterocycles. The zero-order valence-corrected chi connectivity index (χ0v) is 6.49. The molecule has 0 heterocycles. The Balaban J connectivity index is 3.59. The summed E-state index contributed by atoms with van der Waals surface area (Å²) in [5, 5.41) is 3.05. The summed E-state index contributed by atoms with van der Waals surface area (Å²) >= 11 is 0. The average molecular weight is 128 g/mol. The first kappa shape index (κ1) is 8.63. The summed E-state index contributed by atoms with van der Waals surface area (Å²) < 4.78 is 0. The predicted molar refractivity (Wildman–Crippen MR) is 38.0 cm³/mol. The van der Waals surface area contributed by atoms with Crippen molar-refractivity contribution in [3.8, 4) is 0 Å². The van der Waals surface area contributed by atoms with Crippen molar-refractivity contribution in [1.82, 2.24) is 5.32 Å². The van der Waals surface area contributed by atoms with E-state index in [4.69, 9.17) is 0 Å². The van der Waals surface area contributed by atoms with Crippen LogP contribution in [0.3, 0.4) is 0 Å². The van der Waals surface area contributed by atoms with Crippen LogP contribution in [-0.2, 0) is 4.79 Å². The number of hydrogen-bond acceptors (Lipinski definition) is 2. The van der Waals surface area contributed by atoms with Gasteiger partial charge in [0.25, 0.3) is 0 Å². The van der Waals surface area contributed by atoms with E-state index in [0.717, 1.165) is 0 Å². The molecule has 53 valence electrons. The van der Waals surface area contributed by atoms with Crippen LogP contribution in [0.15, 0.2) is 0 Å². The van der Waals surface area contributed by atoms with Gasteiger partial charge in [-0.15, -0.1) is 0 Å². The molecule has 2 nitrogen and oxygen atoms in total. The Hall–Kier alpha value is -0.370. The van der Waals surface area contributed by atoms with Gasteiger partial charge in [0.1, 0.15) is 0 Å². The van der Waals surface area contributed by atoms with Crippen molar-refractivity contribution in [3.63, 3.8) is 0 Å². The first-order chi connectivity index (χ1) is 3.95. The fourth-order valence-electron chi connectivity index (χ4n) is 0.679. The van der Waals surface area contributed by atoms with E-state index in [1.807, 2.05) is 27.1 Å². The molecule has 0 aliphatic carbocycles. The van der Waals surface area contributed by atoms with Crippen LogP contribution in [0.4, 0.5) is 0 Å². The summed E-state index contributed by atoms with van der Waals surface area (Å²) in [6.45, 7) is 7.83. The van der Waals surface area contributed by atoms with Gasteiger partial charge in [0.15, 0.2) is 0 Å². The van der Waals surface area contributed by atoms with Crippen LogP contribution in [0, 0.1) is 0 Å². The molecular formula is C7H14NO. The highest BCUT2D eigenvalue weighted by Crippen LogP contribution is 1.98. The molecular weight excluding hydrogens is 114 g/mol. The van der Waals surface area contributed by atoms with E-state index >= 15 is 0 Å². The summed E-state index contributed by atoms with van der Waals surface area (Å²) in [4.78, 5) is 10.00. The Kier molecular flexibility index (Phi) is 2.85. The summed E-state index contributed by atoms with van der Waals surface area (Å²) in [6.07, 6.45) is 1.86. The second-order valence-corrected chi connectivity index (χ2v) is 3.23. The van der Waals surface area contributed by atoms with Crippen molar-refractivity contribution in [2.45, 2.75) is 39.3 Å². The highest BCUT2D eigenvalue weighted by molar-refractivity contribution is 5.57. The Labute approximate surface area is 56.6 Å². The van der Waals surface area contributed by atoms with E-state index in [-0.39, 0.29) is 11.6 Å². The lowest BCUT2D eigenvalue weighted by molar-refractivity contribution is 0.402. The molecule has 0 saturated heterocycles. The Morgan fingerprint density at radius 3 is 2.00 bits per heavy atom. The van der Waals surface area contributed by atoms with Crippen molar-refractivity contribution in [2.75, 3.05) is 0 Å². The maximum atomic E-state index is 10.00. The lowest BCUT2D eigenvalue weighted by Crippen LogP contribution is -2.42. The molecule has 0 aromatic rings. The third kappa shape index (κ3) is 5.50. The van der Waals surface area contributed by atoms with Gasteiger partial charge in [0, 0.05) is 5.54 Å². The quantitative estimate of drug-likeness (QED) is 0.598. The number of hydrogen-bond donors (Lipinski definition) is 1. The standard InChI is InChI=1S/C7H14NO/c1-6(5-9)8-7(2,3)4/h6,8H,1-4H3/t6-/m1/s1. The molecule has 1 radical (unpaired) electrons. The van der Waals surface area contributed by atoms with Gasteiger partial charge in [0.05, 0.1) is 6.04 Å². The molecule has 0 saturated carbocycles. The largest absolute Gasteiger partial charge is 0.303 e. The summed E-state index contributed by atoms with van der Waals surface area (Å²) in [7, 11) is 0. The number of rotatable bonds is 2. The lowest BCUT2D eigenvalue weighted by atomic mass is 10.1. The highest BCUT2D eigenvalue weighted by atomic mass is 16.1. The van der Waals surface area contributed by atoms with Crippen molar-refractivity contribution in [2.24, 2.45) is 0 Å². The van der Waals surface area contributed by atoms with Crippen LogP contribution in [0.5, 0.6) is 0 Å². The number of carbonyl (C=O) groups excluding carboxylic acids is 1. The fourth-order valence-corrected chi connectivity index (χ4v) is 0.679. The third-order valence-electron chi connectivity index (χ3n) is 0.826. The van der Waals surface area contributed by atoms with E-state index in [2.05, 4.69) is 5.32 Å². The van der Waals surface area contributed by atoms with E-state index in [9.17, 15) is 4.79 Å². The minimum atomic E-state index is -0.162. The Morgan fingerprint density at radius 1 is 1.44 bits per heavy atom. The topological polar surface area (TPSA) is 29.1 Å². The van der Waals surface area contributed by atoms with Gasteiger partial charge in [-0.2, -0.15) is 0 Å². The molecule has 0 aliphatic rings. The maximum absolute atomic E-state index is 10.00. The average Bonchev–Trinajstić information content (AvgIpc) is 1.62. The van der Waals surface area contributed by atoms with E-state index in [0.29, 0.717) is 0 Å². The molecule has 1 N–H and O–H groups in total. The molecule has 0 rings (SSSR count). The Bertz CT molecular complexity index is 93.6. The monoisotopic (exact) mass is 128 g/mol. The SMILES string of the molecule is C[C@H]([C]=O)NC(C)(C)C. The zero-order valence-electron chi connectivity index (χ0n) is 6.49. The smallest absolute Gasteiger partial charge is 0.216 e. The van der Waals surface area contributed by atoms with Gasteiger partial charge in [-0.3, -0.25) is 4.79 Å². The van der Waals surface area contributed by atoms with Gasteiger partial charge in [-0.1, -0.05) is 0 Å². The van der Waals surface area contributed by atoms with Crippen LogP contribution in [0.1, 0.15) is 27.7 Å².